The molecule has 1 N–H and O–H groups in total. The van der Waals surface area contributed by atoms with Gasteiger partial charge < -0.3 is 15.1 Å². The summed E-state index contributed by atoms with van der Waals surface area (Å²) in [4.78, 5) is 17.3. The van der Waals surface area contributed by atoms with E-state index in [9.17, 15) is 4.79 Å². The van der Waals surface area contributed by atoms with Gasteiger partial charge in [0.1, 0.15) is 0 Å². The number of hydrogen-bond acceptors (Lipinski definition) is 3. The van der Waals surface area contributed by atoms with Gasteiger partial charge in [-0.3, -0.25) is 4.79 Å². The minimum absolute atomic E-state index is 0. The minimum Gasteiger partial charge on any atom is -0.338 e. The normalized spacial score (nSPS) is 28.3. The lowest BCUT2D eigenvalue weighted by atomic mass is 10.0. The summed E-state index contributed by atoms with van der Waals surface area (Å²) in [5, 5.41) is 3.40. The largest absolute Gasteiger partial charge is 0.338 e. The van der Waals surface area contributed by atoms with Crippen molar-refractivity contribution in [3.63, 3.8) is 0 Å². The van der Waals surface area contributed by atoms with Crippen molar-refractivity contribution < 1.29 is 4.79 Å². The average Bonchev–Trinajstić information content (AvgIpc) is 3.17. The highest BCUT2D eigenvalue weighted by molar-refractivity contribution is 5.85. The van der Waals surface area contributed by atoms with E-state index in [4.69, 9.17) is 0 Å². The van der Waals surface area contributed by atoms with E-state index in [0.29, 0.717) is 11.9 Å². The SMILES string of the molecule is Cl.Cl.O=C(CCC1CCNC1)N1CCCC1CN1CCCCC1. The Morgan fingerprint density at radius 3 is 2.48 bits per heavy atom. The Bertz CT molecular complexity index is 345. The molecule has 0 spiro atoms. The fourth-order valence-corrected chi connectivity index (χ4v) is 4.23. The van der Waals surface area contributed by atoms with E-state index in [1.807, 2.05) is 0 Å². The van der Waals surface area contributed by atoms with Gasteiger partial charge in [0.15, 0.2) is 0 Å². The second-order valence-electron chi connectivity index (χ2n) is 7.14. The molecule has 3 saturated heterocycles. The second kappa shape index (κ2) is 10.8. The quantitative estimate of drug-likeness (QED) is 0.813. The number of nitrogens with zero attached hydrogens (tertiary/aromatic N) is 2. The molecular formula is C17H33Cl2N3O. The molecular weight excluding hydrogens is 333 g/mol. The van der Waals surface area contributed by atoms with Gasteiger partial charge >= 0.3 is 0 Å². The molecule has 0 aromatic heterocycles. The van der Waals surface area contributed by atoms with Gasteiger partial charge in [0.05, 0.1) is 0 Å². The lowest BCUT2D eigenvalue weighted by Crippen LogP contribution is -2.44. The molecule has 3 rings (SSSR count). The first-order valence-corrected chi connectivity index (χ1v) is 9.05. The number of hydrogen-bond donors (Lipinski definition) is 1. The van der Waals surface area contributed by atoms with E-state index in [1.165, 1.54) is 51.6 Å². The highest BCUT2D eigenvalue weighted by Crippen LogP contribution is 2.23. The number of likely N-dealkylation sites (tertiary alicyclic amines) is 2. The van der Waals surface area contributed by atoms with Crippen molar-refractivity contribution in [1.29, 1.82) is 0 Å². The van der Waals surface area contributed by atoms with Crippen molar-refractivity contribution in [2.75, 3.05) is 39.3 Å². The number of piperidine rings is 1. The summed E-state index contributed by atoms with van der Waals surface area (Å²) in [6.07, 6.45) is 9.60. The summed E-state index contributed by atoms with van der Waals surface area (Å²) in [7, 11) is 0. The van der Waals surface area contributed by atoms with Crippen LogP contribution < -0.4 is 5.32 Å². The van der Waals surface area contributed by atoms with Gasteiger partial charge in [-0.15, -0.1) is 24.8 Å². The van der Waals surface area contributed by atoms with E-state index in [0.717, 1.165) is 44.9 Å². The molecule has 0 bridgehead atoms. The van der Waals surface area contributed by atoms with Gasteiger partial charge in [-0.1, -0.05) is 6.42 Å². The fraction of sp³-hybridized carbons (Fsp3) is 0.941. The third-order valence-corrected chi connectivity index (χ3v) is 5.54. The Hall–Kier alpha value is -0.0300. The van der Waals surface area contributed by atoms with Crippen LogP contribution in [-0.4, -0.2) is 61.0 Å². The van der Waals surface area contributed by atoms with E-state index >= 15 is 0 Å². The third-order valence-electron chi connectivity index (χ3n) is 5.54. The predicted octanol–water partition coefficient (Wildman–Crippen LogP) is 2.70. The summed E-state index contributed by atoms with van der Waals surface area (Å²) in [6.45, 7) is 6.86. The van der Waals surface area contributed by atoms with Gasteiger partial charge in [0.25, 0.3) is 0 Å². The Morgan fingerprint density at radius 1 is 1.00 bits per heavy atom. The zero-order valence-electron chi connectivity index (χ0n) is 14.2. The topological polar surface area (TPSA) is 35.6 Å². The molecule has 1 amide bonds. The zero-order chi connectivity index (χ0) is 14.5. The van der Waals surface area contributed by atoms with Crippen LogP contribution in [0.15, 0.2) is 0 Å². The molecule has 3 aliphatic heterocycles. The summed E-state index contributed by atoms with van der Waals surface area (Å²) in [6, 6.07) is 0.498. The van der Waals surface area contributed by atoms with Gasteiger partial charge in [0, 0.05) is 25.6 Å². The average molecular weight is 366 g/mol. The maximum atomic E-state index is 12.5. The first-order chi connectivity index (χ1) is 10.3. The van der Waals surface area contributed by atoms with Crippen LogP contribution in [0.1, 0.15) is 51.4 Å². The van der Waals surface area contributed by atoms with Gasteiger partial charge in [0.2, 0.25) is 5.91 Å². The Balaban J connectivity index is 0.00000132. The second-order valence-corrected chi connectivity index (χ2v) is 7.14. The maximum absolute atomic E-state index is 12.5. The van der Waals surface area contributed by atoms with Gasteiger partial charge in [-0.2, -0.15) is 0 Å². The number of amides is 1. The summed E-state index contributed by atoms with van der Waals surface area (Å²) in [5.74, 6) is 1.15. The van der Waals surface area contributed by atoms with E-state index in [-0.39, 0.29) is 24.8 Å². The molecule has 0 aromatic rings. The molecule has 23 heavy (non-hydrogen) atoms. The zero-order valence-corrected chi connectivity index (χ0v) is 15.8. The van der Waals surface area contributed by atoms with Crippen LogP contribution in [0.25, 0.3) is 0 Å². The molecule has 136 valence electrons. The fourth-order valence-electron chi connectivity index (χ4n) is 4.23. The Kier molecular flexibility index (Phi) is 9.83. The maximum Gasteiger partial charge on any atom is 0.222 e. The molecule has 3 heterocycles. The lowest BCUT2D eigenvalue weighted by molar-refractivity contribution is -0.132. The van der Waals surface area contributed by atoms with Crippen molar-refractivity contribution in [2.24, 2.45) is 5.92 Å². The standard InChI is InChI=1S/C17H31N3O.2ClH/c21-17(7-6-15-8-9-18-13-15)20-12-4-5-16(20)14-19-10-2-1-3-11-19;;/h15-16,18H,1-14H2;2*1H. The Morgan fingerprint density at radius 2 is 1.78 bits per heavy atom. The molecule has 2 atom stereocenters. The number of carbonyl (C=O) groups excluding carboxylic acids is 1. The van der Waals surface area contributed by atoms with Crippen LogP contribution in [0.3, 0.4) is 0 Å². The summed E-state index contributed by atoms with van der Waals surface area (Å²) >= 11 is 0. The van der Waals surface area contributed by atoms with Crippen molar-refractivity contribution in [2.45, 2.75) is 57.4 Å². The molecule has 0 aliphatic carbocycles. The lowest BCUT2D eigenvalue weighted by Gasteiger charge is -2.33. The number of rotatable bonds is 5. The van der Waals surface area contributed by atoms with Crippen LogP contribution in [-0.2, 0) is 4.79 Å². The van der Waals surface area contributed by atoms with Crippen molar-refractivity contribution >= 4 is 30.7 Å². The molecule has 0 radical (unpaired) electrons. The Labute approximate surface area is 153 Å². The molecule has 0 saturated carbocycles. The molecule has 0 aromatic carbocycles. The number of nitrogens with one attached hydrogen (secondary N) is 1. The molecule has 3 fully saturated rings. The predicted molar refractivity (Wildman–Crippen MR) is 99.7 cm³/mol. The van der Waals surface area contributed by atoms with Crippen molar-refractivity contribution in [3.8, 4) is 0 Å². The van der Waals surface area contributed by atoms with Crippen molar-refractivity contribution in [3.05, 3.63) is 0 Å². The summed E-state index contributed by atoms with van der Waals surface area (Å²) in [5.41, 5.74) is 0. The number of halogens is 2. The molecule has 3 aliphatic rings. The molecule has 4 nitrogen and oxygen atoms in total. The molecule has 6 heteroatoms. The third kappa shape index (κ3) is 6.08. The monoisotopic (exact) mass is 365 g/mol. The van der Waals surface area contributed by atoms with E-state index in [1.54, 1.807) is 0 Å². The van der Waals surface area contributed by atoms with Gasteiger partial charge in [-0.05, 0) is 70.6 Å². The first kappa shape index (κ1) is 21.0. The van der Waals surface area contributed by atoms with Crippen LogP contribution in [0, 0.1) is 5.92 Å². The van der Waals surface area contributed by atoms with Crippen LogP contribution in [0.4, 0.5) is 0 Å². The highest BCUT2D eigenvalue weighted by Gasteiger charge is 2.30. The highest BCUT2D eigenvalue weighted by atomic mass is 35.5. The van der Waals surface area contributed by atoms with Crippen LogP contribution >= 0.6 is 24.8 Å². The summed E-state index contributed by atoms with van der Waals surface area (Å²) < 4.78 is 0. The van der Waals surface area contributed by atoms with Crippen LogP contribution in [0.2, 0.25) is 0 Å². The van der Waals surface area contributed by atoms with Crippen molar-refractivity contribution in [1.82, 2.24) is 15.1 Å². The van der Waals surface area contributed by atoms with E-state index in [2.05, 4.69) is 15.1 Å². The smallest absolute Gasteiger partial charge is 0.222 e. The van der Waals surface area contributed by atoms with E-state index < -0.39 is 0 Å². The van der Waals surface area contributed by atoms with Gasteiger partial charge in [-0.25, -0.2) is 0 Å². The van der Waals surface area contributed by atoms with Crippen LogP contribution in [0.5, 0.6) is 0 Å². The first-order valence-electron chi connectivity index (χ1n) is 9.05. The number of carbonyl (C=O) groups is 1. The molecule has 2 unspecified atom stereocenters. The minimum atomic E-state index is 0.